The van der Waals surface area contributed by atoms with Crippen molar-refractivity contribution < 1.29 is 14.3 Å². The summed E-state index contributed by atoms with van der Waals surface area (Å²) in [4.78, 5) is 10.5. The average molecular weight is 193 g/mol. The summed E-state index contributed by atoms with van der Waals surface area (Å²) in [5.74, 6) is 0. The molecular formula is C10H11NO3. The first kappa shape index (κ1) is 9.18. The molecule has 74 valence electrons. The number of benzene rings is 1. The second-order valence-electron chi connectivity index (χ2n) is 3.07. The van der Waals surface area contributed by atoms with Gasteiger partial charge < -0.3 is 14.8 Å². The van der Waals surface area contributed by atoms with Gasteiger partial charge in [-0.05, 0) is 0 Å². The largest absolute Gasteiger partial charge is 0.350 e. The van der Waals surface area contributed by atoms with Crippen LogP contribution in [0.1, 0.15) is 5.56 Å². The zero-order valence-electron chi connectivity index (χ0n) is 7.60. The highest BCUT2D eigenvalue weighted by atomic mass is 16.7. The first-order valence-electron chi connectivity index (χ1n) is 4.36. The zero-order valence-corrected chi connectivity index (χ0v) is 7.60. The van der Waals surface area contributed by atoms with E-state index >= 15 is 0 Å². The lowest BCUT2D eigenvalue weighted by Gasteiger charge is -2.25. The van der Waals surface area contributed by atoms with Crippen molar-refractivity contribution >= 4 is 6.41 Å². The second-order valence-corrected chi connectivity index (χ2v) is 3.07. The van der Waals surface area contributed by atoms with E-state index < -0.39 is 5.72 Å². The molecule has 0 unspecified atom stereocenters. The minimum Gasteiger partial charge on any atom is -0.350 e. The van der Waals surface area contributed by atoms with E-state index in [1.54, 1.807) is 0 Å². The van der Waals surface area contributed by atoms with Crippen LogP contribution < -0.4 is 5.32 Å². The van der Waals surface area contributed by atoms with E-state index in [2.05, 4.69) is 5.32 Å². The molecule has 1 aliphatic rings. The Bertz CT molecular complexity index is 306. The number of carbonyl (C=O) groups excluding carboxylic acids is 1. The fourth-order valence-electron chi connectivity index (χ4n) is 1.51. The van der Waals surface area contributed by atoms with Crippen molar-refractivity contribution in [1.29, 1.82) is 0 Å². The van der Waals surface area contributed by atoms with Gasteiger partial charge in [-0.3, -0.25) is 4.79 Å². The van der Waals surface area contributed by atoms with E-state index in [1.165, 1.54) is 0 Å². The van der Waals surface area contributed by atoms with Crippen LogP contribution in [0, 0.1) is 0 Å². The Morgan fingerprint density at radius 3 is 2.71 bits per heavy atom. The molecule has 1 aromatic rings. The maximum Gasteiger partial charge on any atom is 0.209 e. The molecule has 0 radical (unpaired) electrons. The highest BCUT2D eigenvalue weighted by Gasteiger charge is 2.37. The van der Waals surface area contributed by atoms with Crippen LogP contribution in [0.5, 0.6) is 0 Å². The lowest BCUT2D eigenvalue weighted by molar-refractivity contribution is -0.118. The number of amides is 1. The second kappa shape index (κ2) is 3.77. The molecule has 1 N–H and O–H groups in total. The number of hydrogen-bond donors (Lipinski definition) is 1. The molecule has 1 aromatic carbocycles. The van der Waals surface area contributed by atoms with Gasteiger partial charge in [0.2, 0.25) is 6.41 Å². The molecule has 1 aliphatic heterocycles. The van der Waals surface area contributed by atoms with Gasteiger partial charge in [0.1, 0.15) is 13.4 Å². The number of rotatable bonds is 3. The Hall–Kier alpha value is -1.39. The fraction of sp³-hybridized carbons (Fsp3) is 0.300. The Morgan fingerprint density at radius 2 is 2.14 bits per heavy atom. The summed E-state index contributed by atoms with van der Waals surface area (Å²) < 4.78 is 10.5. The molecule has 1 saturated heterocycles. The van der Waals surface area contributed by atoms with E-state index in [4.69, 9.17) is 9.47 Å². The van der Waals surface area contributed by atoms with Crippen molar-refractivity contribution in [2.45, 2.75) is 5.72 Å². The molecule has 14 heavy (non-hydrogen) atoms. The van der Waals surface area contributed by atoms with E-state index in [-0.39, 0.29) is 6.79 Å². The van der Waals surface area contributed by atoms with Crippen LogP contribution >= 0.6 is 0 Å². The average Bonchev–Trinajstić information content (AvgIpc) is 2.70. The summed E-state index contributed by atoms with van der Waals surface area (Å²) >= 11 is 0. The van der Waals surface area contributed by atoms with E-state index in [1.807, 2.05) is 30.3 Å². The lowest BCUT2D eigenvalue weighted by Crippen LogP contribution is -2.43. The summed E-state index contributed by atoms with van der Waals surface area (Å²) in [6.07, 6.45) is 0.627. The van der Waals surface area contributed by atoms with Crippen molar-refractivity contribution in [2.24, 2.45) is 0 Å². The Kier molecular flexibility index (Phi) is 2.47. The van der Waals surface area contributed by atoms with Gasteiger partial charge in [-0.15, -0.1) is 0 Å². The normalized spacial score (nSPS) is 26.0. The van der Waals surface area contributed by atoms with E-state index in [9.17, 15) is 4.79 Å². The number of hydrogen-bond acceptors (Lipinski definition) is 3. The van der Waals surface area contributed by atoms with Gasteiger partial charge in [0.15, 0.2) is 5.72 Å². The fourth-order valence-corrected chi connectivity index (χ4v) is 1.51. The summed E-state index contributed by atoms with van der Waals surface area (Å²) in [5.41, 5.74) is 0.0906. The molecule has 1 amide bonds. The summed E-state index contributed by atoms with van der Waals surface area (Å²) in [6.45, 7) is 0.547. The van der Waals surface area contributed by atoms with Crippen molar-refractivity contribution in [1.82, 2.24) is 5.32 Å². The van der Waals surface area contributed by atoms with Gasteiger partial charge in [-0.2, -0.15) is 0 Å². The van der Waals surface area contributed by atoms with Gasteiger partial charge >= 0.3 is 0 Å². The van der Waals surface area contributed by atoms with Gasteiger partial charge in [-0.1, -0.05) is 30.3 Å². The standard InChI is InChI=1S/C10H11NO3/c12-7-11-10(6-13-8-14-10)9-4-2-1-3-5-9/h1-5,7H,6,8H2,(H,11,12)/t10-/m0/s1. The highest BCUT2D eigenvalue weighted by Crippen LogP contribution is 2.26. The quantitative estimate of drug-likeness (QED) is 0.715. The first-order chi connectivity index (χ1) is 6.87. The summed E-state index contributed by atoms with van der Waals surface area (Å²) in [6, 6.07) is 9.49. The molecule has 4 nitrogen and oxygen atoms in total. The van der Waals surface area contributed by atoms with Crippen LogP contribution in [0.25, 0.3) is 0 Å². The predicted molar refractivity (Wildman–Crippen MR) is 49.2 cm³/mol. The Labute approximate surface area is 81.8 Å². The maximum absolute atomic E-state index is 10.5. The van der Waals surface area contributed by atoms with Gasteiger partial charge in [0, 0.05) is 5.56 Å². The van der Waals surface area contributed by atoms with Crippen LogP contribution in [0.4, 0.5) is 0 Å². The number of nitrogens with one attached hydrogen (secondary N) is 1. The van der Waals surface area contributed by atoms with E-state index in [0.717, 1.165) is 5.56 Å². The third-order valence-corrected chi connectivity index (χ3v) is 2.23. The SMILES string of the molecule is O=CN[C@@]1(c2ccccc2)COCO1. The molecule has 2 rings (SSSR count). The highest BCUT2D eigenvalue weighted by molar-refractivity contribution is 5.49. The molecule has 1 fully saturated rings. The number of ether oxygens (including phenoxy) is 2. The minimum atomic E-state index is -0.803. The van der Waals surface area contributed by atoms with Crippen molar-refractivity contribution in [3.8, 4) is 0 Å². The van der Waals surface area contributed by atoms with Crippen LogP contribution in [0.3, 0.4) is 0 Å². The molecule has 1 heterocycles. The van der Waals surface area contributed by atoms with Gasteiger partial charge in [-0.25, -0.2) is 0 Å². The molecular weight excluding hydrogens is 182 g/mol. The maximum atomic E-state index is 10.5. The van der Waals surface area contributed by atoms with E-state index in [0.29, 0.717) is 13.0 Å². The smallest absolute Gasteiger partial charge is 0.209 e. The van der Waals surface area contributed by atoms with Crippen molar-refractivity contribution in [3.63, 3.8) is 0 Å². The molecule has 0 saturated carbocycles. The molecule has 0 aromatic heterocycles. The van der Waals surface area contributed by atoms with Crippen LogP contribution in [0.15, 0.2) is 30.3 Å². The third kappa shape index (κ3) is 1.49. The first-order valence-corrected chi connectivity index (χ1v) is 4.36. The lowest BCUT2D eigenvalue weighted by atomic mass is 10.0. The monoisotopic (exact) mass is 193 g/mol. The Balaban J connectivity index is 2.31. The Morgan fingerprint density at radius 1 is 1.36 bits per heavy atom. The summed E-state index contributed by atoms with van der Waals surface area (Å²) in [5, 5.41) is 2.65. The molecule has 0 bridgehead atoms. The van der Waals surface area contributed by atoms with Gasteiger partial charge in [0.05, 0.1) is 0 Å². The van der Waals surface area contributed by atoms with Crippen LogP contribution in [-0.4, -0.2) is 19.8 Å². The number of carbonyl (C=O) groups is 1. The van der Waals surface area contributed by atoms with Crippen molar-refractivity contribution in [2.75, 3.05) is 13.4 Å². The molecule has 0 spiro atoms. The van der Waals surface area contributed by atoms with Gasteiger partial charge in [0.25, 0.3) is 0 Å². The topological polar surface area (TPSA) is 47.6 Å². The zero-order chi connectivity index (χ0) is 9.86. The molecule has 0 aliphatic carbocycles. The summed E-state index contributed by atoms with van der Waals surface area (Å²) in [7, 11) is 0. The molecule has 4 heteroatoms. The molecule has 1 atom stereocenters. The van der Waals surface area contributed by atoms with Crippen LogP contribution in [0.2, 0.25) is 0 Å². The van der Waals surface area contributed by atoms with Crippen LogP contribution in [-0.2, 0) is 20.0 Å². The third-order valence-electron chi connectivity index (χ3n) is 2.23. The van der Waals surface area contributed by atoms with Crippen molar-refractivity contribution in [3.05, 3.63) is 35.9 Å². The minimum absolute atomic E-state index is 0.204. The predicted octanol–water partition coefficient (Wildman–Crippen LogP) is 0.590.